The van der Waals surface area contributed by atoms with Crippen LogP contribution < -0.4 is 10.3 Å². The van der Waals surface area contributed by atoms with Crippen molar-refractivity contribution in [3.63, 3.8) is 0 Å². The maximum Gasteiger partial charge on any atom is 0.303 e. The lowest BCUT2D eigenvalue weighted by molar-refractivity contribution is -0.288. The van der Waals surface area contributed by atoms with Crippen LogP contribution in [0.15, 0.2) is 53.5 Å². The molecular formula is C30H31NO11. The molecule has 1 saturated heterocycles. The number of H-pyrrole nitrogens is 1. The topological polar surface area (TPSA) is 157 Å². The maximum absolute atomic E-state index is 12.3. The Morgan fingerprint density at radius 3 is 2.05 bits per heavy atom. The number of fused-ring (bicyclic) bond motifs is 1. The van der Waals surface area contributed by atoms with Crippen LogP contribution in [-0.4, -0.2) is 66.2 Å². The number of ether oxygens (including phenoxy) is 6. The number of nitrogens with one attached hydrogen (secondary N) is 1. The van der Waals surface area contributed by atoms with Gasteiger partial charge in [-0.3, -0.25) is 24.0 Å². The van der Waals surface area contributed by atoms with Gasteiger partial charge in [0.05, 0.1) is 0 Å². The van der Waals surface area contributed by atoms with Crippen molar-refractivity contribution in [3.05, 3.63) is 64.6 Å². The highest BCUT2D eigenvalue weighted by atomic mass is 16.7. The van der Waals surface area contributed by atoms with Gasteiger partial charge in [0.1, 0.15) is 18.5 Å². The molecule has 0 amide bonds. The van der Waals surface area contributed by atoms with Crippen LogP contribution in [0, 0.1) is 6.92 Å². The molecule has 12 nitrogen and oxygen atoms in total. The molecule has 5 unspecified atom stereocenters. The van der Waals surface area contributed by atoms with Crippen molar-refractivity contribution in [2.24, 2.45) is 0 Å². The fourth-order valence-corrected chi connectivity index (χ4v) is 4.73. The van der Waals surface area contributed by atoms with Crippen molar-refractivity contribution in [1.82, 2.24) is 4.98 Å². The minimum absolute atomic E-state index is 0.199. The summed E-state index contributed by atoms with van der Waals surface area (Å²) in [6.07, 6.45) is -4.87. The molecule has 0 spiro atoms. The largest absolute Gasteiger partial charge is 0.463 e. The lowest BCUT2D eigenvalue weighted by Gasteiger charge is -2.44. The van der Waals surface area contributed by atoms with E-state index in [4.69, 9.17) is 28.4 Å². The molecule has 0 radical (unpaired) electrons. The van der Waals surface area contributed by atoms with Crippen LogP contribution >= 0.6 is 0 Å². The van der Waals surface area contributed by atoms with E-state index in [-0.39, 0.29) is 12.2 Å². The van der Waals surface area contributed by atoms with Gasteiger partial charge in [0.25, 0.3) is 5.56 Å². The lowest BCUT2D eigenvalue weighted by Crippen LogP contribution is -2.63. The molecule has 1 aliphatic heterocycles. The lowest BCUT2D eigenvalue weighted by atomic mass is 9.97. The minimum atomic E-state index is -1.35. The van der Waals surface area contributed by atoms with Crippen molar-refractivity contribution in [2.75, 3.05) is 6.61 Å². The Morgan fingerprint density at radius 1 is 0.786 bits per heavy atom. The zero-order chi connectivity index (χ0) is 30.6. The van der Waals surface area contributed by atoms with E-state index in [1.54, 1.807) is 31.3 Å². The van der Waals surface area contributed by atoms with Crippen LogP contribution in [0.4, 0.5) is 0 Å². The monoisotopic (exact) mass is 581 g/mol. The van der Waals surface area contributed by atoms with Crippen LogP contribution in [0.1, 0.15) is 33.3 Å². The van der Waals surface area contributed by atoms with Crippen LogP contribution in [0.2, 0.25) is 0 Å². The zero-order valence-electron chi connectivity index (χ0n) is 23.7. The molecule has 5 atom stereocenters. The van der Waals surface area contributed by atoms with Crippen molar-refractivity contribution in [2.45, 2.75) is 65.3 Å². The summed E-state index contributed by atoms with van der Waals surface area (Å²) in [4.78, 5) is 62.6. The fraction of sp³-hybridized carbons (Fsp3) is 0.367. The Kier molecular flexibility index (Phi) is 9.26. The first-order chi connectivity index (χ1) is 19.9. The van der Waals surface area contributed by atoms with Crippen molar-refractivity contribution in [1.29, 1.82) is 0 Å². The van der Waals surface area contributed by atoms with Gasteiger partial charge in [0.15, 0.2) is 12.2 Å². The molecule has 3 aromatic rings. The number of benzene rings is 2. The Morgan fingerprint density at radius 2 is 1.40 bits per heavy atom. The third-order valence-electron chi connectivity index (χ3n) is 6.47. The Labute approximate surface area is 240 Å². The number of esters is 4. The molecule has 2 aromatic carbocycles. The number of hydrogen-bond donors (Lipinski definition) is 1. The van der Waals surface area contributed by atoms with Crippen LogP contribution in [0.5, 0.6) is 5.75 Å². The average molecular weight is 582 g/mol. The van der Waals surface area contributed by atoms with Crippen molar-refractivity contribution in [3.8, 4) is 16.9 Å². The van der Waals surface area contributed by atoms with Gasteiger partial charge in [0.2, 0.25) is 12.4 Å². The van der Waals surface area contributed by atoms with Gasteiger partial charge in [-0.1, -0.05) is 18.2 Å². The minimum Gasteiger partial charge on any atom is -0.463 e. The molecule has 0 bridgehead atoms. The number of aryl methyl sites for hydroxylation is 1. The molecule has 42 heavy (non-hydrogen) atoms. The summed E-state index contributed by atoms with van der Waals surface area (Å²) in [7, 11) is 0. The molecule has 0 saturated carbocycles. The number of carbonyl (C=O) groups is 4. The van der Waals surface area contributed by atoms with Gasteiger partial charge in [-0.25, -0.2) is 0 Å². The number of pyridine rings is 1. The van der Waals surface area contributed by atoms with Gasteiger partial charge >= 0.3 is 23.9 Å². The first-order valence-electron chi connectivity index (χ1n) is 13.1. The molecular weight excluding hydrogens is 550 g/mol. The Hall–Kier alpha value is -4.71. The van der Waals surface area contributed by atoms with E-state index in [9.17, 15) is 24.0 Å². The summed E-state index contributed by atoms with van der Waals surface area (Å²) in [5.41, 5.74) is 2.09. The predicted molar refractivity (Wildman–Crippen MR) is 147 cm³/mol. The SMILES string of the molecule is CC(=O)OCC1OC(Oc2ccc(-c3ccc4cc[nH]c(=O)c4c3)cc2C)C(OC(C)=O)C(OC(C)=O)C1OC(C)=O. The van der Waals surface area contributed by atoms with Crippen LogP contribution in [0.3, 0.4) is 0 Å². The Balaban J connectivity index is 1.68. The summed E-state index contributed by atoms with van der Waals surface area (Å²) >= 11 is 0. The fourth-order valence-electron chi connectivity index (χ4n) is 4.73. The average Bonchev–Trinajstić information content (AvgIpc) is 2.91. The number of rotatable bonds is 8. The van der Waals surface area contributed by atoms with Gasteiger partial charge < -0.3 is 33.4 Å². The standard InChI is InChI=1S/C30H31NO11/c1-15-12-21(22-7-6-20-10-11-31-29(36)23(20)13-22)8-9-24(15)41-30-28(40-19(5)35)27(39-18(4)34)26(38-17(3)33)25(42-30)14-37-16(2)32/h6-13,25-28,30H,14H2,1-5H3,(H,31,36). The number of aromatic amines is 1. The maximum atomic E-state index is 12.3. The highest BCUT2D eigenvalue weighted by molar-refractivity contribution is 5.86. The summed E-state index contributed by atoms with van der Waals surface area (Å²) in [5, 5.41) is 1.35. The third kappa shape index (κ3) is 7.13. The molecule has 1 fully saturated rings. The summed E-state index contributed by atoms with van der Waals surface area (Å²) in [5.74, 6) is -2.47. The van der Waals surface area contributed by atoms with E-state index < -0.39 is 54.6 Å². The highest BCUT2D eigenvalue weighted by Gasteiger charge is 2.53. The molecule has 222 valence electrons. The van der Waals surface area contributed by atoms with Crippen LogP contribution in [0.25, 0.3) is 21.9 Å². The number of carbonyl (C=O) groups excluding carboxylic acids is 4. The zero-order valence-corrected chi connectivity index (χ0v) is 23.7. The first kappa shape index (κ1) is 30.3. The van der Waals surface area contributed by atoms with Gasteiger partial charge in [-0.15, -0.1) is 0 Å². The first-order valence-corrected chi connectivity index (χ1v) is 13.1. The molecule has 1 aromatic heterocycles. The van der Waals surface area contributed by atoms with E-state index in [2.05, 4.69) is 4.98 Å². The molecule has 2 heterocycles. The smallest absolute Gasteiger partial charge is 0.303 e. The van der Waals surface area contributed by atoms with Crippen LogP contribution in [-0.2, 0) is 42.9 Å². The summed E-state index contributed by atoms with van der Waals surface area (Å²) in [6.45, 7) is 6.07. The summed E-state index contributed by atoms with van der Waals surface area (Å²) in [6, 6.07) is 12.7. The second-order valence-corrected chi connectivity index (χ2v) is 9.77. The highest BCUT2D eigenvalue weighted by Crippen LogP contribution is 2.33. The predicted octanol–water partition coefficient (Wildman–Crippen LogP) is 2.97. The van der Waals surface area contributed by atoms with Gasteiger partial charge in [0, 0.05) is 39.3 Å². The van der Waals surface area contributed by atoms with E-state index in [1.807, 2.05) is 24.3 Å². The third-order valence-corrected chi connectivity index (χ3v) is 6.47. The molecule has 1 N–H and O–H groups in total. The van der Waals surface area contributed by atoms with E-state index in [0.717, 1.165) is 37.3 Å². The summed E-state index contributed by atoms with van der Waals surface area (Å²) < 4.78 is 33.6. The van der Waals surface area contributed by atoms with E-state index in [1.165, 1.54) is 6.92 Å². The van der Waals surface area contributed by atoms with E-state index >= 15 is 0 Å². The molecule has 1 aliphatic rings. The number of aromatic nitrogens is 1. The van der Waals surface area contributed by atoms with E-state index in [0.29, 0.717) is 16.7 Å². The normalized spacial score (nSPS) is 21.7. The van der Waals surface area contributed by atoms with Crippen molar-refractivity contribution >= 4 is 34.6 Å². The Bertz CT molecular complexity index is 1560. The van der Waals surface area contributed by atoms with Gasteiger partial charge in [-0.2, -0.15) is 0 Å². The number of hydrogen-bond acceptors (Lipinski definition) is 11. The van der Waals surface area contributed by atoms with Crippen molar-refractivity contribution < 1.29 is 47.6 Å². The second kappa shape index (κ2) is 12.9. The molecule has 4 rings (SSSR count). The second-order valence-electron chi connectivity index (χ2n) is 9.77. The molecule has 12 heteroatoms. The quantitative estimate of drug-likeness (QED) is 0.308. The molecule has 0 aliphatic carbocycles. The van der Waals surface area contributed by atoms with Gasteiger partial charge in [-0.05, 0) is 53.3 Å².